The van der Waals surface area contributed by atoms with Crippen LogP contribution >= 0.6 is 11.8 Å². The molecule has 1 saturated carbocycles. The Kier molecular flexibility index (Phi) is 6.98. The fourth-order valence-corrected chi connectivity index (χ4v) is 5.56. The summed E-state index contributed by atoms with van der Waals surface area (Å²) in [5.74, 6) is 0.920. The fraction of sp³-hybridized carbons (Fsp3) is 0.385. The molecule has 0 bridgehead atoms. The number of rotatable bonds is 6. The predicted molar refractivity (Wildman–Crippen MR) is 137 cm³/mol. The number of hydrogen-bond acceptors (Lipinski definition) is 5. The second-order valence-electron chi connectivity index (χ2n) is 9.27. The number of imidazole rings is 1. The van der Waals surface area contributed by atoms with Gasteiger partial charge in [0.2, 0.25) is 5.91 Å². The maximum Gasteiger partial charge on any atom is 0.416 e. The lowest BCUT2D eigenvalue weighted by Crippen LogP contribution is -2.38. The SMILES string of the molecule is Cn1c(-c2cccc(C(F)(F)F)c2)nc2cc(C3=NN(CCNC(=O)C4CCCC4)C(=O)SC3)ccc21. The largest absolute Gasteiger partial charge is 0.416 e. The molecule has 2 aromatic carbocycles. The zero-order chi connectivity index (χ0) is 26.2. The van der Waals surface area contributed by atoms with Gasteiger partial charge in [0.1, 0.15) is 5.82 Å². The Morgan fingerprint density at radius 2 is 1.92 bits per heavy atom. The van der Waals surface area contributed by atoms with E-state index in [2.05, 4.69) is 15.4 Å². The van der Waals surface area contributed by atoms with Gasteiger partial charge in [0, 0.05) is 36.4 Å². The second-order valence-corrected chi connectivity index (χ2v) is 10.2. The van der Waals surface area contributed by atoms with Gasteiger partial charge in [-0.05, 0) is 37.1 Å². The molecule has 0 spiro atoms. The van der Waals surface area contributed by atoms with Crippen LogP contribution < -0.4 is 5.32 Å². The number of carbonyl (C=O) groups is 2. The summed E-state index contributed by atoms with van der Waals surface area (Å²) in [5.41, 5.74) is 2.50. The Labute approximate surface area is 216 Å². The lowest BCUT2D eigenvalue weighted by atomic mass is 10.1. The molecule has 0 atom stereocenters. The third kappa shape index (κ3) is 5.36. The van der Waals surface area contributed by atoms with Crippen LogP contribution in [0, 0.1) is 5.92 Å². The lowest BCUT2D eigenvalue weighted by Gasteiger charge is -2.23. The number of amides is 2. The topological polar surface area (TPSA) is 79.6 Å². The van der Waals surface area contributed by atoms with Crippen LogP contribution in [-0.4, -0.2) is 50.3 Å². The normalized spacial score (nSPS) is 16.9. The Morgan fingerprint density at radius 1 is 1.14 bits per heavy atom. The molecule has 194 valence electrons. The first kappa shape index (κ1) is 25.3. The van der Waals surface area contributed by atoms with E-state index in [4.69, 9.17) is 0 Å². The molecule has 1 aliphatic heterocycles. The number of hydrogen-bond donors (Lipinski definition) is 1. The van der Waals surface area contributed by atoms with Crippen molar-refractivity contribution in [2.24, 2.45) is 18.1 Å². The van der Waals surface area contributed by atoms with Crippen molar-refractivity contribution in [2.45, 2.75) is 31.9 Å². The van der Waals surface area contributed by atoms with Gasteiger partial charge >= 0.3 is 11.4 Å². The van der Waals surface area contributed by atoms with E-state index in [9.17, 15) is 22.8 Å². The molecule has 1 aromatic heterocycles. The van der Waals surface area contributed by atoms with Crippen molar-refractivity contribution >= 4 is 39.7 Å². The minimum absolute atomic E-state index is 0.0380. The fourth-order valence-electron chi connectivity index (χ4n) is 4.79. The third-order valence-corrected chi connectivity index (χ3v) is 7.67. The summed E-state index contributed by atoms with van der Waals surface area (Å²) in [6.07, 6.45) is -0.451. The summed E-state index contributed by atoms with van der Waals surface area (Å²) in [7, 11) is 1.76. The van der Waals surface area contributed by atoms with Crippen LogP contribution in [0.25, 0.3) is 22.4 Å². The standard InChI is InChI=1S/C26H26F3N5O2S/c1-33-22-10-9-17(14-20(22)31-23(33)18-7-4-8-19(13-18)26(27,28)29)21-15-37-25(36)34(32-21)12-11-30-24(35)16-5-2-3-6-16/h4,7-10,13-14,16H,2-3,5-6,11-12,15H2,1H3,(H,30,35). The molecule has 3 aromatic rings. The highest BCUT2D eigenvalue weighted by Crippen LogP contribution is 2.33. The summed E-state index contributed by atoms with van der Waals surface area (Å²) in [4.78, 5) is 29.3. The van der Waals surface area contributed by atoms with Gasteiger partial charge in [-0.1, -0.05) is 42.8 Å². The van der Waals surface area contributed by atoms with E-state index < -0.39 is 11.7 Å². The van der Waals surface area contributed by atoms with Crippen LogP contribution in [0.4, 0.5) is 18.0 Å². The number of thioether (sulfide) groups is 1. The smallest absolute Gasteiger partial charge is 0.354 e. The van der Waals surface area contributed by atoms with E-state index in [0.717, 1.165) is 60.7 Å². The summed E-state index contributed by atoms with van der Waals surface area (Å²) < 4.78 is 41.4. The molecule has 0 saturated heterocycles. The maximum atomic E-state index is 13.2. The molecule has 11 heteroatoms. The summed E-state index contributed by atoms with van der Waals surface area (Å²) in [5, 5.41) is 8.64. The number of halogens is 3. The average molecular weight is 530 g/mol. The molecule has 7 nitrogen and oxygen atoms in total. The third-order valence-electron chi connectivity index (χ3n) is 6.80. The highest BCUT2D eigenvalue weighted by atomic mass is 32.2. The molecular formula is C26H26F3N5O2S. The first-order valence-corrected chi connectivity index (χ1v) is 13.1. The van der Waals surface area contributed by atoms with Gasteiger partial charge in [0.05, 0.1) is 28.9 Å². The van der Waals surface area contributed by atoms with Gasteiger partial charge < -0.3 is 9.88 Å². The van der Waals surface area contributed by atoms with Crippen LogP contribution in [0.1, 0.15) is 36.8 Å². The maximum absolute atomic E-state index is 13.2. The minimum atomic E-state index is -4.44. The van der Waals surface area contributed by atoms with Crippen LogP contribution in [0.5, 0.6) is 0 Å². The number of aryl methyl sites for hydroxylation is 1. The van der Waals surface area contributed by atoms with Gasteiger partial charge in [-0.15, -0.1) is 0 Å². The molecule has 5 rings (SSSR count). The first-order chi connectivity index (χ1) is 17.7. The van der Waals surface area contributed by atoms with E-state index in [1.807, 2.05) is 18.2 Å². The van der Waals surface area contributed by atoms with Crippen molar-refractivity contribution < 1.29 is 22.8 Å². The van der Waals surface area contributed by atoms with Crippen LogP contribution in [-0.2, 0) is 18.0 Å². The van der Waals surface area contributed by atoms with Crippen molar-refractivity contribution in [1.29, 1.82) is 0 Å². The number of hydrazone groups is 1. The molecule has 1 aliphatic carbocycles. The highest BCUT2D eigenvalue weighted by Gasteiger charge is 2.31. The van der Waals surface area contributed by atoms with Crippen LogP contribution in [0.15, 0.2) is 47.6 Å². The lowest BCUT2D eigenvalue weighted by molar-refractivity contribution is -0.137. The van der Waals surface area contributed by atoms with E-state index in [-0.39, 0.29) is 23.6 Å². The number of aromatic nitrogens is 2. The molecule has 2 aliphatic rings. The molecule has 0 radical (unpaired) electrons. The summed E-state index contributed by atoms with van der Waals surface area (Å²) in [6, 6.07) is 10.7. The van der Waals surface area contributed by atoms with Gasteiger partial charge in [-0.3, -0.25) is 9.59 Å². The quantitative estimate of drug-likeness (QED) is 0.461. The van der Waals surface area contributed by atoms with Crippen LogP contribution in [0.2, 0.25) is 0 Å². The molecule has 2 heterocycles. The molecule has 2 amide bonds. The Bertz CT molecular complexity index is 1380. The van der Waals surface area contributed by atoms with E-state index >= 15 is 0 Å². The van der Waals surface area contributed by atoms with Crippen molar-refractivity contribution in [3.8, 4) is 11.4 Å². The zero-order valence-corrected chi connectivity index (χ0v) is 21.0. The van der Waals surface area contributed by atoms with Gasteiger partial charge in [-0.2, -0.15) is 18.3 Å². The van der Waals surface area contributed by atoms with Crippen molar-refractivity contribution in [3.05, 3.63) is 53.6 Å². The molecule has 1 fully saturated rings. The zero-order valence-electron chi connectivity index (χ0n) is 20.2. The van der Waals surface area contributed by atoms with Crippen molar-refractivity contribution in [1.82, 2.24) is 19.9 Å². The number of alkyl halides is 3. The van der Waals surface area contributed by atoms with Gasteiger partial charge in [-0.25, -0.2) is 9.99 Å². The first-order valence-electron chi connectivity index (χ1n) is 12.1. The molecule has 1 N–H and O–H groups in total. The Hall–Kier alpha value is -3.34. The monoisotopic (exact) mass is 529 g/mol. The van der Waals surface area contributed by atoms with E-state index in [1.165, 1.54) is 11.1 Å². The van der Waals surface area contributed by atoms with Gasteiger partial charge in [0.15, 0.2) is 0 Å². The number of nitrogens with one attached hydrogen (secondary N) is 1. The summed E-state index contributed by atoms with van der Waals surface area (Å²) >= 11 is 1.14. The number of benzene rings is 2. The number of carbonyl (C=O) groups excluding carboxylic acids is 2. The molecular weight excluding hydrogens is 503 g/mol. The van der Waals surface area contributed by atoms with Crippen LogP contribution in [0.3, 0.4) is 0 Å². The number of fused-ring (bicyclic) bond motifs is 1. The number of nitrogens with zero attached hydrogens (tertiary/aromatic N) is 4. The second kappa shape index (κ2) is 10.2. The Morgan fingerprint density at radius 3 is 2.68 bits per heavy atom. The molecule has 0 unspecified atom stereocenters. The summed E-state index contributed by atoms with van der Waals surface area (Å²) in [6.45, 7) is 0.608. The predicted octanol–water partition coefficient (Wildman–Crippen LogP) is 5.44. The average Bonchev–Trinajstić information content (AvgIpc) is 3.53. The van der Waals surface area contributed by atoms with Gasteiger partial charge in [0.25, 0.3) is 0 Å². The van der Waals surface area contributed by atoms with Crippen molar-refractivity contribution in [2.75, 3.05) is 18.8 Å². The minimum Gasteiger partial charge on any atom is -0.354 e. The Balaban J connectivity index is 1.35. The van der Waals surface area contributed by atoms with Crippen molar-refractivity contribution in [3.63, 3.8) is 0 Å². The highest BCUT2D eigenvalue weighted by molar-refractivity contribution is 8.14. The van der Waals surface area contributed by atoms with E-state index in [1.54, 1.807) is 17.7 Å². The van der Waals surface area contributed by atoms with E-state index in [0.29, 0.717) is 34.9 Å². The molecule has 37 heavy (non-hydrogen) atoms.